The molecule has 0 bridgehead atoms. The van der Waals surface area contributed by atoms with Crippen molar-refractivity contribution in [3.8, 4) is 51.4 Å². The first-order valence-corrected chi connectivity index (χ1v) is 46.3. The highest BCUT2D eigenvalue weighted by molar-refractivity contribution is 9.10. The van der Waals surface area contributed by atoms with Crippen LogP contribution in [0.3, 0.4) is 0 Å². The normalized spacial score (nSPS) is 11.5. The molecule has 0 aliphatic rings. The number of nitrogens with zero attached hydrogens (tertiary/aromatic N) is 4. The van der Waals surface area contributed by atoms with Gasteiger partial charge >= 0.3 is 34.9 Å². The largest absolute Gasteiger partial charge is 0.505 e. The SMILES string of the molecule is COc1ccccc1Cn1c(=O)c2c(O)c(Sc3cccc(C(F)(F)F)c3)c(=O)oc2c2ccccc21.COc1ccccc1Cn1c(=O)c2c(O)c(Sc3cccc(Cl)c3)c(=O)oc2c2ccccc21.O=c1oc2c(c(O)c1Sc1ccccc1Br)c(=O)n(Cc1cccc(F)c1)c1ccccc21.O=c1oc2cc(-c3ccccc3)n(-c3ccccc3)c(=O)c2c(O)c1Sc1cccc(C(F)(F)F)c1. The summed E-state index contributed by atoms with van der Waals surface area (Å²) in [7, 11) is 3.08. The molecule has 0 aliphatic heterocycles. The maximum Gasteiger partial charge on any atom is 0.416 e. The number of hydrogen-bond acceptors (Lipinski definition) is 22. The first-order chi connectivity index (χ1) is 67.3. The average molecular weight is 2050 g/mol. The second kappa shape index (κ2) is 40.7. The molecule has 140 heavy (non-hydrogen) atoms. The third-order valence-corrected chi connectivity index (χ3v) is 27.6. The summed E-state index contributed by atoms with van der Waals surface area (Å²) in [5.74, 6) is -1.38. The van der Waals surface area contributed by atoms with Crippen LogP contribution in [0.4, 0.5) is 30.7 Å². The van der Waals surface area contributed by atoms with Crippen molar-refractivity contribution in [1.29, 1.82) is 0 Å². The summed E-state index contributed by atoms with van der Waals surface area (Å²) < 4.78 is 132. The highest BCUT2D eigenvalue weighted by Gasteiger charge is 2.34. The van der Waals surface area contributed by atoms with Crippen LogP contribution in [0.25, 0.3) is 93.5 Å². The zero-order valence-corrected chi connectivity index (χ0v) is 78.0. The first kappa shape index (κ1) is 96.2. The van der Waals surface area contributed by atoms with E-state index in [2.05, 4.69) is 15.9 Å². The highest BCUT2D eigenvalue weighted by atomic mass is 79.9. The van der Waals surface area contributed by atoms with Crippen LogP contribution in [0.15, 0.2) is 409 Å². The number of fused-ring (bicyclic) bond motifs is 10. The molecule has 20 aromatic rings. The van der Waals surface area contributed by atoms with E-state index in [1.54, 1.807) is 212 Å². The first-order valence-electron chi connectivity index (χ1n) is 41.9. The van der Waals surface area contributed by atoms with E-state index >= 15 is 0 Å². The van der Waals surface area contributed by atoms with Crippen LogP contribution in [-0.2, 0) is 32.0 Å². The van der Waals surface area contributed by atoms with Gasteiger partial charge < -0.3 is 61.3 Å². The minimum atomic E-state index is -4.59. The molecule has 0 saturated heterocycles. The Bertz CT molecular complexity index is 8850. The maximum absolute atomic E-state index is 13.8. The molecule has 0 aliphatic carbocycles. The van der Waals surface area contributed by atoms with Crippen LogP contribution in [0.5, 0.6) is 34.5 Å². The van der Waals surface area contributed by atoms with Crippen molar-refractivity contribution >= 4 is 151 Å². The molecule has 702 valence electrons. The molecule has 0 atom stereocenters. The number of ether oxygens (including phenoxy) is 2. The molecule has 0 fully saturated rings. The van der Waals surface area contributed by atoms with E-state index in [0.29, 0.717) is 111 Å². The Morgan fingerprint density at radius 2 is 0.750 bits per heavy atom. The van der Waals surface area contributed by atoms with Crippen molar-refractivity contribution < 1.29 is 78.3 Å². The van der Waals surface area contributed by atoms with Crippen LogP contribution in [0.2, 0.25) is 5.02 Å². The molecule has 0 saturated carbocycles. The molecule has 0 amide bonds. The second-order valence-corrected chi connectivity index (χ2v) is 36.4. The quantitative estimate of drug-likeness (QED) is 0.0458. The van der Waals surface area contributed by atoms with Gasteiger partial charge in [0.25, 0.3) is 22.2 Å². The fourth-order valence-electron chi connectivity index (χ4n) is 15.7. The molecule has 35 heteroatoms. The lowest BCUT2D eigenvalue weighted by atomic mass is 10.1. The van der Waals surface area contributed by atoms with E-state index in [-0.39, 0.29) is 92.9 Å². The van der Waals surface area contributed by atoms with E-state index in [0.717, 1.165) is 57.8 Å². The number of rotatable bonds is 18. The number of aromatic hydroxyl groups is 4. The van der Waals surface area contributed by atoms with E-state index < -0.39 is 97.0 Å². The molecule has 12 aromatic carbocycles. The Balaban J connectivity index is 0.000000129. The molecule has 20 rings (SSSR count). The van der Waals surface area contributed by atoms with E-state index in [1.165, 1.54) is 63.3 Å². The van der Waals surface area contributed by atoms with Crippen LogP contribution >= 0.6 is 74.6 Å². The summed E-state index contributed by atoms with van der Waals surface area (Å²) in [4.78, 5) is 107. The molecule has 8 aromatic heterocycles. The number of benzene rings is 12. The Morgan fingerprint density at radius 1 is 0.371 bits per heavy atom. The van der Waals surface area contributed by atoms with Crippen LogP contribution < -0.4 is 54.2 Å². The van der Waals surface area contributed by atoms with Gasteiger partial charge in [0.1, 0.15) is 64.0 Å². The fraction of sp³-hybridized carbons (Fsp3) is 0.0667. The Kier molecular flexibility index (Phi) is 28.0. The average Bonchev–Trinajstić information content (AvgIpc) is 0.741. The summed E-state index contributed by atoms with van der Waals surface area (Å²) in [6.45, 7) is 0.376. The van der Waals surface area contributed by atoms with Crippen LogP contribution in [-0.4, -0.2) is 52.9 Å². The fourth-order valence-corrected chi connectivity index (χ4v) is 20.0. The molecule has 0 unspecified atom stereocenters. The number of para-hydroxylation sites is 6. The standard InChI is InChI=1S/C27H18F3NO5S.C27H16F3NO4S.C26H18ClNO5S.C25H15BrFNO4S/c1-35-20-12-5-2-7-15(20)14-31-19-11-4-3-10-18(19)23-21(25(31)33)22(32)24(26(34)36-23)37-17-9-6-8-16(13-17)27(28,29)30;28-27(29,30)17-10-7-13-19(14-17)36-24-23(32)22-21(35-26(24)34)15-20(16-8-3-1-4-9-16)31(25(22)33)18-11-5-2-6-12-18;1-32-20-12-5-2-7-15(20)14-28-19-11-4-3-10-18(19)23-21(25(28)30)22(29)24(26(31)33-23)34-17-9-6-8-16(27)13-17;26-17-9-2-4-11-19(17)33-23-21(29)20-22(32-25(23)31)16-8-1-3-10-18(16)28(24(20)30)13-14-6-5-7-15(27)12-14/h2-13,32H,14H2,1H3;1-15,32H;2-13,29H,14H2,1H3;1-12,29H,13H2. The number of hydrogen-bond donors (Lipinski definition) is 4. The van der Waals surface area contributed by atoms with Gasteiger partial charge in [-0.15, -0.1) is 0 Å². The van der Waals surface area contributed by atoms with Crippen molar-refractivity contribution in [1.82, 2.24) is 18.3 Å². The summed E-state index contributed by atoms with van der Waals surface area (Å²) >= 11 is 12.7. The Hall–Kier alpha value is -15.5. The lowest BCUT2D eigenvalue weighted by Crippen LogP contribution is -2.23. The monoisotopic (exact) mass is 2050 g/mol. The molecule has 0 spiro atoms. The number of pyridine rings is 4. The highest BCUT2D eigenvalue weighted by Crippen LogP contribution is 2.46. The van der Waals surface area contributed by atoms with Gasteiger partial charge in [0.15, 0.2) is 39.7 Å². The lowest BCUT2D eigenvalue weighted by Gasteiger charge is -2.15. The van der Waals surface area contributed by atoms with Gasteiger partial charge in [0.2, 0.25) is 0 Å². The maximum atomic E-state index is 13.8. The molecule has 4 N–H and O–H groups in total. The van der Waals surface area contributed by atoms with Crippen molar-refractivity contribution in [2.24, 2.45) is 0 Å². The molecule has 0 radical (unpaired) electrons. The predicted octanol–water partition coefficient (Wildman–Crippen LogP) is 24.1. The van der Waals surface area contributed by atoms with Gasteiger partial charge in [0, 0.05) is 68.1 Å². The van der Waals surface area contributed by atoms with Crippen molar-refractivity contribution in [3.63, 3.8) is 0 Å². The second-order valence-electron chi connectivity index (χ2n) is 30.8. The van der Waals surface area contributed by atoms with Crippen molar-refractivity contribution in [2.75, 3.05) is 14.2 Å². The predicted molar refractivity (Wildman–Crippen MR) is 528 cm³/mol. The van der Waals surface area contributed by atoms with E-state index in [9.17, 15) is 89.5 Å². The van der Waals surface area contributed by atoms with Crippen LogP contribution in [0.1, 0.15) is 27.8 Å². The third-order valence-electron chi connectivity index (χ3n) is 22.1. The zero-order chi connectivity index (χ0) is 98.7. The summed E-state index contributed by atoms with van der Waals surface area (Å²) in [6, 6.07) is 83.2. The molecular formula is C105H67BrClF7N4O18S4. The van der Waals surface area contributed by atoms with E-state index in [4.69, 9.17) is 38.7 Å². The van der Waals surface area contributed by atoms with Crippen molar-refractivity contribution in [2.45, 2.75) is 71.2 Å². The number of alkyl halides is 6. The topological polar surface area (TPSA) is 308 Å². The molecule has 8 heterocycles. The van der Waals surface area contributed by atoms with Gasteiger partial charge in [-0.05, 0) is 167 Å². The number of aromatic nitrogens is 4. The minimum absolute atomic E-state index is 0.0186. The minimum Gasteiger partial charge on any atom is -0.505 e. The summed E-state index contributed by atoms with van der Waals surface area (Å²) in [5, 5.41) is 45.6. The number of methoxy groups -OCH3 is 2. The third kappa shape index (κ3) is 19.8. The van der Waals surface area contributed by atoms with Gasteiger partial charge in [0.05, 0.1) is 67.2 Å². The smallest absolute Gasteiger partial charge is 0.416 e. The summed E-state index contributed by atoms with van der Waals surface area (Å²) in [5.41, 5.74) is -2.47. The lowest BCUT2D eigenvalue weighted by molar-refractivity contribution is -0.138. The molecular weight excluding hydrogens is 1980 g/mol. The summed E-state index contributed by atoms with van der Waals surface area (Å²) in [6.07, 6.45) is -9.16. The Morgan fingerprint density at radius 3 is 1.19 bits per heavy atom. The van der Waals surface area contributed by atoms with Gasteiger partial charge in [-0.25, -0.2) is 23.6 Å². The Labute approximate surface area is 814 Å². The van der Waals surface area contributed by atoms with E-state index in [1.807, 2.05) is 42.5 Å². The van der Waals surface area contributed by atoms with Gasteiger partial charge in [-0.3, -0.25) is 23.7 Å². The number of halogens is 9. The van der Waals surface area contributed by atoms with Gasteiger partial charge in [-0.2, -0.15) is 26.3 Å². The van der Waals surface area contributed by atoms with Crippen LogP contribution in [0, 0.1) is 5.82 Å². The van der Waals surface area contributed by atoms with Crippen molar-refractivity contribution in [3.05, 3.63) is 436 Å². The van der Waals surface area contributed by atoms with Gasteiger partial charge in [-0.1, -0.05) is 222 Å². The molecule has 22 nitrogen and oxygen atoms in total. The zero-order valence-electron chi connectivity index (χ0n) is 72.4.